The smallest absolute Gasteiger partial charge is 0.414 e. The van der Waals surface area contributed by atoms with Crippen LogP contribution in [0.1, 0.15) is 12.8 Å². The average Bonchev–Trinajstić information content (AvgIpc) is 3.57. The molecular formula is C20H22F4N4O5. The van der Waals surface area contributed by atoms with Gasteiger partial charge in [0.05, 0.1) is 31.9 Å². The van der Waals surface area contributed by atoms with E-state index in [2.05, 4.69) is 0 Å². The number of hydroxylamine groups is 2. The number of carbonyl (C=O) groups excluding carboxylic acids is 3. The predicted molar refractivity (Wildman–Crippen MR) is 106 cm³/mol. The molecule has 1 aliphatic carbocycles. The number of amides is 3. The van der Waals surface area contributed by atoms with Crippen LogP contribution in [0.5, 0.6) is 0 Å². The highest BCUT2D eigenvalue weighted by Gasteiger charge is 2.36. The quantitative estimate of drug-likeness (QED) is 0.631. The lowest BCUT2D eigenvalue weighted by Gasteiger charge is -2.24. The van der Waals surface area contributed by atoms with Crippen molar-refractivity contribution in [2.45, 2.75) is 25.4 Å². The minimum Gasteiger partial charge on any atom is -0.442 e. The van der Waals surface area contributed by atoms with Gasteiger partial charge in [0.2, 0.25) is 5.91 Å². The van der Waals surface area contributed by atoms with Gasteiger partial charge in [-0.2, -0.15) is 8.78 Å². The summed E-state index contributed by atoms with van der Waals surface area (Å²) in [6.07, 6.45) is -3.46. The van der Waals surface area contributed by atoms with Crippen LogP contribution in [0.15, 0.2) is 12.1 Å². The van der Waals surface area contributed by atoms with Gasteiger partial charge < -0.3 is 15.0 Å². The third kappa shape index (κ3) is 5.13. The molecular weight excluding hydrogens is 452 g/mol. The van der Waals surface area contributed by atoms with E-state index in [4.69, 9.17) is 9.57 Å². The fraction of sp³-hybridized carbons (Fsp3) is 0.550. The van der Waals surface area contributed by atoms with E-state index in [-0.39, 0.29) is 62.5 Å². The summed E-state index contributed by atoms with van der Waals surface area (Å²) in [6.45, 7) is -0.0126. The van der Waals surface area contributed by atoms with Gasteiger partial charge in [0, 0.05) is 31.1 Å². The molecule has 1 aromatic carbocycles. The maximum Gasteiger partial charge on any atom is 0.414 e. The second-order valence-electron chi connectivity index (χ2n) is 7.96. The number of rotatable bonds is 6. The fourth-order valence-corrected chi connectivity index (χ4v) is 3.72. The van der Waals surface area contributed by atoms with Crippen LogP contribution < -0.4 is 15.1 Å². The maximum atomic E-state index is 14.9. The molecule has 0 spiro atoms. The van der Waals surface area contributed by atoms with Gasteiger partial charge in [-0.1, -0.05) is 0 Å². The average molecular weight is 474 g/mol. The van der Waals surface area contributed by atoms with Crippen LogP contribution >= 0.6 is 0 Å². The zero-order valence-corrected chi connectivity index (χ0v) is 17.4. The number of ether oxygens (including phenoxy) is 1. The number of alkyl halides is 2. The molecule has 3 amide bonds. The van der Waals surface area contributed by atoms with Crippen LogP contribution in [0.3, 0.4) is 0 Å². The Morgan fingerprint density at radius 3 is 2.45 bits per heavy atom. The summed E-state index contributed by atoms with van der Waals surface area (Å²) in [7, 11) is 0. The second kappa shape index (κ2) is 9.41. The molecule has 1 N–H and O–H groups in total. The second-order valence-corrected chi connectivity index (χ2v) is 7.96. The van der Waals surface area contributed by atoms with E-state index in [1.165, 1.54) is 9.96 Å². The normalized spacial score (nSPS) is 21.3. The molecule has 0 aromatic heterocycles. The van der Waals surface area contributed by atoms with Crippen LogP contribution in [0.25, 0.3) is 0 Å². The van der Waals surface area contributed by atoms with Crippen molar-refractivity contribution in [2.75, 3.05) is 49.1 Å². The first-order valence-corrected chi connectivity index (χ1v) is 10.5. The van der Waals surface area contributed by atoms with Crippen molar-refractivity contribution >= 4 is 29.3 Å². The summed E-state index contributed by atoms with van der Waals surface area (Å²) in [5.41, 5.74) is -0.422. The highest BCUT2D eigenvalue weighted by Crippen LogP contribution is 2.33. The van der Waals surface area contributed by atoms with E-state index >= 15 is 0 Å². The van der Waals surface area contributed by atoms with Crippen molar-refractivity contribution in [2.24, 2.45) is 5.92 Å². The Balaban J connectivity index is 1.42. The number of nitrogens with one attached hydrogen (secondary N) is 1. The first-order valence-electron chi connectivity index (χ1n) is 10.5. The van der Waals surface area contributed by atoms with Crippen LogP contribution in [0, 0.1) is 17.6 Å². The Labute approximate surface area is 186 Å². The first-order chi connectivity index (χ1) is 15.7. The zero-order valence-electron chi connectivity index (χ0n) is 17.4. The van der Waals surface area contributed by atoms with Gasteiger partial charge >= 0.3 is 12.5 Å². The Morgan fingerprint density at radius 2 is 1.82 bits per heavy atom. The van der Waals surface area contributed by atoms with Gasteiger partial charge in [0.15, 0.2) is 11.6 Å². The Bertz CT molecular complexity index is 922. The number of carbonyl (C=O) groups is 3. The van der Waals surface area contributed by atoms with Crippen molar-refractivity contribution in [3.8, 4) is 0 Å². The zero-order chi connectivity index (χ0) is 23.7. The van der Waals surface area contributed by atoms with Gasteiger partial charge in [-0.25, -0.2) is 18.6 Å². The molecule has 9 nitrogen and oxygen atoms in total. The van der Waals surface area contributed by atoms with Crippen molar-refractivity contribution in [3.63, 3.8) is 0 Å². The number of nitrogens with zero attached hydrogens (tertiary/aromatic N) is 3. The summed E-state index contributed by atoms with van der Waals surface area (Å²) in [4.78, 5) is 43.1. The predicted octanol–water partition coefficient (Wildman–Crippen LogP) is 1.66. The topological polar surface area (TPSA) is 91.4 Å². The molecule has 13 heteroatoms. The summed E-state index contributed by atoms with van der Waals surface area (Å²) < 4.78 is 59.4. The van der Waals surface area contributed by atoms with E-state index in [0.717, 1.165) is 29.9 Å². The minimum atomic E-state index is -3.21. The molecule has 1 atom stereocenters. The molecule has 1 aromatic rings. The number of anilines is 2. The van der Waals surface area contributed by atoms with Gasteiger partial charge in [-0.05, 0) is 12.8 Å². The van der Waals surface area contributed by atoms with Gasteiger partial charge in [0.1, 0.15) is 11.8 Å². The van der Waals surface area contributed by atoms with Crippen molar-refractivity contribution in [1.29, 1.82) is 0 Å². The molecule has 2 aliphatic heterocycles. The first kappa shape index (κ1) is 23.1. The summed E-state index contributed by atoms with van der Waals surface area (Å²) in [5.74, 6) is -3.52. The van der Waals surface area contributed by atoms with Crippen molar-refractivity contribution < 1.29 is 41.5 Å². The number of benzene rings is 1. The summed E-state index contributed by atoms with van der Waals surface area (Å²) in [5, 5.41) is 3.18. The van der Waals surface area contributed by atoms with Crippen molar-refractivity contribution in [3.05, 3.63) is 23.8 Å². The monoisotopic (exact) mass is 474 g/mol. The van der Waals surface area contributed by atoms with Crippen LogP contribution in [-0.2, 0) is 19.2 Å². The third-order valence-electron chi connectivity index (χ3n) is 5.56. The largest absolute Gasteiger partial charge is 0.442 e. The number of hydrogen-bond acceptors (Lipinski definition) is 6. The van der Waals surface area contributed by atoms with Crippen LogP contribution in [0.2, 0.25) is 0 Å². The fourth-order valence-electron chi connectivity index (χ4n) is 3.72. The van der Waals surface area contributed by atoms with E-state index in [1.807, 2.05) is 5.32 Å². The lowest BCUT2D eigenvalue weighted by atomic mass is 10.2. The van der Waals surface area contributed by atoms with E-state index in [1.54, 1.807) is 0 Å². The molecule has 0 unspecified atom stereocenters. The van der Waals surface area contributed by atoms with Gasteiger partial charge in [0.25, 0.3) is 5.91 Å². The molecule has 0 radical (unpaired) electrons. The van der Waals surface area contributed by atoms with Gasteiger partial charge in [-0.15, -0.1) is 0 Å². The van der Waals surface area contributed by atoms with Crippen molar-refractivity contribution in [1.82, 2.24) is 10.4 Å². The highest BCUT2D eigenvalue weighted by atomic mass is 19.3. The Hall–Kier alpha value is -3.09. The number of halogens is 4. The maximum absolute atomic E-state index is 14.9. The third-order valence-corrected chi connectivity index (χ3v) is 5.56. The molecule has 180 valence electrons. The van der Waals surface area contributed by atoms with E-state index < -0.39 is 36.2 Å². The summed E-state index contributed by atoms with van der Waals surface area (Å²) in [6, 6.07) is 1.94. The number of hydrogen-bond donors (Lipinski definition) is 1. The highest BCUT2D eigenvalue weighted by molar-refractivity contribution is 5.90. The Morgan fingerprint density at radius 1 is 1.12 bits per heavy atom. The molecule has 2 heterocycles. The Kier molecular flexibility index (Phi) is 6.58. The molecule has 3 fully saturated rings. The van der Waals surface area contributed by atoms with Crippen LogP contribution in [0.4, 0.5) is 33.7 Å². The SMILES string of the molecule is O=C(NC[C@H]1CN(c2cc(F)c(N3CCON(C(=O)C4CC4)CC3)c(F)c2)C(=O)O1)C(F)F. The number of cyclic esters (lactones) is 1. The lowest BCUT2D eigenvalue weighted by molar-refractivity contribution is -0.183. The van der Waals surface area contributed by atoms with Crippen LogP contribution in [-0.4, -0.2) is 74.8 Å². The molecule has 4 rings (SSSR count). The van der Waals surface area contributed by atoms with E-state index in [9.17, 15) is 31.9 Å². The van der Waals surface area contributed by atoms with Gasteiger partial charge in [-0.3, -0.25) is 19.3 Å². The summed E-state index contributed by atoms with van der Waals surface area (Å²) >= 11 is 0. The standard InChI is InChI=1S/C20H22F4N4O5/c21-14-7-12(27-10-13(33-20(27)31)9-25-18(29)17(23)24)8-15(22)16(14)26-3-4-28(32-6-5-26)19(30)11-1-2-11/h7-8,11,13,17H,1-6,9-10H2,(H,25,29)/t13-/m0/s1. The molecule has 2 saturated heterocycles. The van der Waals surface area contributed by atoms with E-state index in [0.29, 0.717) is 0 Å². The minimum absolute atomic E-state index is 0.0444. The molecule has 1 saturated carbocycles. The molecule has 0 bridgehead atoms. The lowest BCUT2D eigenvalue weighted by Crippen LogP contribution is -2.37. The molecule has 3 aliphatic rings. The molecule has 33 heavy (non-hydrogen) atoms.